The van der Waals surface area contributed by atoms with E-state index in [0.717, 1.165) is 12.0 Å². The van der Waals surface area contributed by atoms with Gasteiger partial charge in [0, 0.05) is 33.2 Å². The molecule has 1 atom stereocenters. The van der Waals surface area contributed by atoms with E-state index < -0.39 is 32.0 Å². The summed E-state index contributed by atoms with van der Waals surface area (Å²) in [5.41, 5.74) is 0. The molecule has 0 aromatic carbocycles. The molecule has 0 amide bonds. The summed E-state index contributed by atoms with van der Waals surface area (Å²) in [6.07, 6.45) is -0.710. The standard InChI is InChI=1S/C11H22BF3N2O3/c1-9(2)6-16-4-5-17(8-12(18)19)11(14,15)10(16,13)7-20-3/h9,18-19H,4-8H2,1-3H3/t10-/m0/s1. The van der Waals surface area contributed by atoms with Crippen molar-refractivity contribution in [2.75, 3.05) is 39.8 Å². The van der Waals surface area contributed by atoms with E-state index in [1.807, 2.05) is 13.8 Å². The summed E-state index contributed by atoms with van der Waals surface area (Å²) in [4.78, 5) is 1.52. The average molecular weight is 298 g/mol. The number of ether oxygens (including phenoxy) is 1. The summed E-state index contributed by atoms with van der Waals surface area (Å²) in [5.74, 6) is -2.97. The Balaban J connectivity index is 3.01. The summed E-state index contributed by atoms with van der Waals surface area (Å²) in [7, 11) is -0.783. The molecule has 2 N–H and O–H groups in total. The molecule has 5 nitrogen and oxygen atoms in total. The molecule has 1 rings (SSSR count). The van der Waals surface area contributed by atoms with E-state index in [1.165, 1.54) is 0 Å². The molecule has 0 aromatic heterocycles. The number of nitrogens with zero attached hydrogens (tertiary/aromatic N) is 2. The molecule has 0 bridgehead atoms. The van der Waals surface area contributed by atoms with Gasteiger partial charge in [-0.2, -0.15) is 8.78 Å². The zero-order valence-electron chi connectivity index (χ0n) is 12.0. The van der Waals surface area contributed by atoms with Crippen LogP contribution in [0.1, 0.15) is 13.8 Å². The van der Waals surface area contributed by atoms with Crippen molar-refractivity contribution < 1.29 is 28.0 Å². The summed E-state index contributed by atoms with van der Waals surface area (Å²) >= 11 is 0. The Kier molecular flexibility index (Phi) is 5.85. The van der Waals surface area contributed by atoms with Crippen LogP contribution in [0.15, 0.2) is 0 Å². The Morgan fingerprint density at radius 1 is 1.20 bits per heavy atom. The minimum atomic E-state index is -3.86. The summed E-state index contributed by atoms with van der Waals surface area (Å²) in [6, 6.07) is -3.86. The van der Waals surface area contributed by atoms with Crippen molar-refractivity contribution in [3.05, 3.63) is 0 Å². The van der Waals surface area contributed by atoms with E-state index in [4.69, 9.17) is 10.0 Å². The zero-order chi connectivity index (χ0) is 15.6. The predicted molar refractivity (Wildman–Crippen MR) is 68.8 cm³/mol. The number of methoxy groups -OCH3 is 1. The van der Waals surface area contributed by atoms with Gasteiger partial charge in [0.2, 0.25) is 0 Å². The first-order chi connectivity index (χ1) is 9.15. The van der Waals surface area contributed by atoms with Crippen LogP contribution in [0.3, 0.4) is 0 Å². The van der Waals surface area contributed by atoms with E-state index >= 15 is 0 Å². The number of rotatable bonds is 6. The highest BCUT2D eigenvalue weighted by atomic mass is 19.3. The van der Waals surface area contributed by atoms with Crippen molar-refractivity contribution in [2.45, 2.75) is 25.7 Å². The number of hydrogen-bond acceptors (Lipinski definition) is 5. The van der Waals surface area contributed by atoms with Gasteiger partial charge >= 0.3 is 13.2 Å². The molecule has 20 heavy (non-hydrogen) atoms. The monoisotopic (exact) mass is 298 g/mol. The Labute approximate surface area is 117 Å². The van der Waals surface area contributed by atoms with Gasteiger partial charge in [0.05, 0.1) is 0 Å². The lowest BCUT2D eigenvalue weighted by Crippen LogP contribution is -2.73. The summed E-state index contributed by atoms with van der Waals surface area (Å²) < 4.78 is 48.3. The van der Waals surface area contributed by atoms with Gasteiger partial charge in [0.15, 0.2) is 0 Å². The first-order valence-corrected chi connectivity index (χ1v) is 6.57. The molecule has 0 radical (unpaired) electrons. The van der Waals surface area contributed by atoms with Crippen LogP contribution in [0.4, 0.5) is 13.2 Å². The predicted octanol–water partition coefficient (Wildman–Crippen LogP) is 0.177. The quantitative estimate of drug-likeness (QED) is 0.541. The van der Waals surface area contributed by atoms with Gasteiger partial charge in [-0.15, -0.1) is 0 Å². The maximum absolute atomic E-state index is 14.9. The maximum atomic E-state index is 14.9. The average Bonchev–Trinajstić information content (AvgIpc) is 2.29. The number of hydrogen-bond donors (Lipinski definition) is 2. The maximum Gasteiger partial charge on any atom is 0.466 e. The number of piperazine rings is 1. The van der Waals surface area contributed by atoms with Crippen molar-refractivity contribution in [2.24, 2.45) is 5.92 Å². The highest BCUT2D eigenvalue weighted by Crippen LogP contribution is 2.42. The third-order valence-corrected chi connectivity index (χ3v) is 3.30. The molecule has 0 aromatic rings. The lowest BCUT2D eigenvalue weighted by molar-refractivity contribution is -0.320. The third kappa shape index (κ3) is 3.45. The van der Waals surface area contributed by atoms with Gasteiger partial charge in [0.1, 0.15) is 6.61 Å². The first-order valence-electron chi connectivity index (χ1n) is 6.57. The Morgan fingerprint density at radius 2 is 1.75 bits per heavy atom. The van der Waals surface area contributed by atoms with Gasteiger partial charge in [-0.25, -0.2) is 9.29 Å². The van der Waals surface area contributed by atoms with Crippen molar-refractivity contribution in [1.82, 2.24) is 9.80 Å². The molecule has 0 spiro atoms. The molecule has 1 aliphatic heterocycles. The fourth-order valence-corrected chi connectivity index (χ4v) is 2.44. The largest absolute Gasteiger partial charge is 0.466 e. The zero-order valence-corrected chi connectivity index (χ0v) is 12.0. The highest BCUT2D eigenvalue weighted by molar-refractivity contribution is 6.41. The molecule has 1 aliphatic rings. The van der Waals surface area contributed by atoms with Gasteiger partial charge < -0.3 is 14.8 Å². The molecule has 0 saturated carbocycles. The van der Waals surface area contributed by atoms with Gasteiger partial charge in [-0.1, -0.05) is 13.8 Å². The van der Waals surface area contributed by atoms with E-state index in [1.54, 1.807) is 0 Å². The van der Waals surface area contributed by atoms with Crippen LogP contribution < -0.4 is 0 Å². The van der Waals surface area contributed by atoms with Crippen molar-refractivity contribution >= 4 is 7.12 Å². The molecule has 1 fully saturated rings. The molecule has 9 heteroatoms. The van der Waals surface area contributed by atoms with E-state index in [-0.39, 0.29) is 25.6 Å². The molecule has 118 valence electrons. The van der Waals surface area contributed by atoms with Crippen molar-refractivity contribution in [1.29, 1.82) is 0 Å². The second-order valence-corrected chi connectivity index (χ2v) is 5.50. The second-order valence-electron chi connectivity index (χ2n) is 5.50. The molecular weight excluding hydrogens is 276 g/mol. The van der Waals surface area contributed by atoms with Gasteiger partial charge in [-0.3, -0.25) is 4.90 Å². The van der Waals surface area contributed by atoms with Crippen LogP contribution in [-0.4, -0.2) is 78.6 Å². The summed E-state index contributed by atoms with van der Waals surface area (Å²) in [6.45, 7) is 2.94. The smallest absolute Gasteiger partial charge is 0.426 e. The van der Waals surface area contributed by atoms with Crippen LogP contribution >= 0.6 is 0 Å². The highest BCUT2D eigenvalue weighted by Gasteiger charge is 2.64. The fourth-order valence-electron chi connectivity index (χ4n) is 2.44. The van der Waals surface area contributed by atoms with Gasteiger partial charge in [-0.05, 0) is 5.92 Å². The van der Waals surface area contributed by atoms with Crippen LogP contribution in [0, 0.1) is 5.92 Å². The van der Waals surface area contributed by atoms with Crippen LogP contribution in [-0.2, 0) is 4.74 Å². The van der Waals surface area contributed by atoms with Crippen molar-refractivity contribution in [3.8, 4) is 0 Å². The van der Waals surface area contributed by atoms with E-state index in [0.29, 0.717) is 4.90 Å². The van der Waals surface area contributed by atoms with Gasteiger partial charge in [0.25, 0.3) is 5.79 Å². The summed E-state index contributed by atoms with van der Waals surface area (Å²) in [5, 5.41) is 17.7. The Morgan fingerprint density at radius 3 is 2.20 bits per heavy atom. The fraction of sp³-hybridized carbons (Fsp3) is 1.00. The minimum Gasteiger partial charge on any atom is -0.426 e. The molecule has 1 heterocycles. The lowest BCUT2D eigenvalue weighted by Gasteiger charge is -2.50. The Hall–Kier alpha value is -0.345. The number of halogens is 3. The number of alkyl halides is 3. The first kappa shape index (κ1) is 17.7. The molecule has 1 saturated heterocycles. The molecule has 0 unspecified atom stereocenters. The SMILES string of the molecule is COC[C@]1(F)N(CC(C)C)CCN(CB(O)O)C1(F)F. The minimum absolute atomic E-state index is 0.0211. The van der Waals surface area contributed by atoms with E-state index in [9.17, 15) is 13.2 Å². The van der Waals surface area contributed by atoms with Crippen LogP contribution in [0.5, 0.6) is 0 Å². The second kappa shape index (κ2) is 6.61. The third-order valence-electron chi connectivity index (χ3n) is 3.30. The lowest BCUT2D eigenvalue weighted by atomic mass is 9.89. The normalized spacial score (nSPS) is 28.1. The topological polar surface area (TPSA) is 56.2 Å². The molecular formula is C11H22BF3N2O3. The molecule has 0 aliphatic carbocycles. The van der Waals surface area contributed by atoms with Crippen molar-refractivity contribution in [3.63, 3.8) is 0 Å². The van der Waals surface area contributed by atoms with E-state index in [2.05, 4.69) is 4.74 Å². The van der Waals surface area contributed by atoms with Crippen LogP contribution in [0.25, 0.3) is 0 Å². The van der Waals surface area contributed by atoms with Crippen LogP contribution in [0.2, 0.25) is 0 Å². The Bertz CT molecular complexity index is 323.